The zero-order valence-corrected chi connectivity index (χ0v) is 32.6. The minimum atomic E-state index is -0.228. The first kappa shape index (κ1) is 34.8. The maximum absolute atomic E-state index is 14.3. The molecule has 0 unspecified atom stereocenters. The number of benzene rings is 8. The minimum absolute atomic E-state index is 0.0590. The SMILES string of the molecule is CC(C)(C)c1ccc(-c2cc(-c3ccc(F)cc3)c3ccc4c(-c5ccc(C(C)(C)C)cc5)cc(-c5ccc(C(C)(C)C)cc5)c5ccc2c3c45)cc1. The van der Waals surface area contributed by atoms with Gasteiger partial charge in [0.05, 0.1) is 0 Å². The minimum Gasteiger partial charge on any atom is -0.207 e. The smallest absolute Gasteiger partial charge is 0.123 e. The highest BCUT2D eigenvalue weighted by Crippen LogP contribution is 2.49. The Morgan fingerprint density at radius 1 is 0.302 bits per heavy atom. The van der Waals surface area contributed by atoms with Crippen LogP contribution in [-0.2, 0) is 16.2 Å². The predicted octanol–water partition coefficient (Wildman–Crippen LogP) is 15.3. The van der Waals surface area contributed by atoms with E-state index in [1.165, 1.54) is 82.4 Å². The van der Waals surface area contributed by atoms with Gasteiger partial charge in [0.1, 0.15) is 5.82 Å². The quantitative estimate of drug-likeness (QED) is 0.161. The van der Waals surface area contributed by atoms with Crippen LogP contribution < -0.4 is 0 Å². The first-order valence-corrected chi connectivity index (χ1v) is 19.0. The number of hydrogen-bond donors (Lipinski definition) is 0. The molecule has 0 heterocycles. The highest BCUT2D eigenvalue weighted by molar-refractivity contribution is 6.31. The zero-order valence-electron chi connectivity index (χ0n) is 32.6. The van der Waals surface area contributed by atoms with Gasteiger partial charge in [0.2, 0.25) is 0 Å². The summed E-state index contributed by atoms with van der Waals surface area (Å²) in [6.07, 6.45) is 0. The fourth-order valence-electron chi connectivity index (χ4n) is 8.03. The van der Waals surface area contributed by atoms with Crippen molar-refractivity contribution in [3.8, 4) is 44.5 Å². The van der Waals surface area contributed by atoms with E-state index in [0.717, 1.165) is 11.1 Å². The molecule has 0 bridgehead atoms. The van der Waals surface area contributed by atoms with Crippen LogP contribution in [0.25, 0.3) is 76.8 Å². The van der Waals surface area contributed by atoms with Crippen molar-refractivity contribution >= 4 is 32.3 Å². The summed E-state index contributed by atoms with van der Waals surface area (Å²) >= 11 is 0. The molecule has 0 N–H and O–H groups in total. The van der Waals surface area contributed by atoms with Crippen LogP contribution in [0, 0.1) is 5.82 Å². The van der Waals surface area contributed by atoms with Crippen molar-refractivity contribution in [1.82, 2.24) is 0 Å². The van der Waals surface area contributed by atoms with E-state index in [-0.39, 0.29) is 22.1 Å². The van der Waals surface area contributed by atoms with Crippen molar-refractivity contribution < 1.29 is 4.39 Å². The summed E-state index contributed by atoms with van der Waals surface area (Å²) in [4.78, 5) is 0. The third kappa shape index (κ3) is 6.21. The van der Waals surface area contributed by atoms with Crippen molar-refractivity contribution in [2.45, 2.75) is 78.6 Å². The Hall–Kier alpha value is -5.27. The largest absolute Gasteiger partial charge is 0.207 e. The Morgan fingerprint density at radius 2 is 0.528 bits per heavy atom. The van der Waals surface area contributed by atoms with Gasteiger partial charge in [0.25, 0.3) is 0 Å². The molecule has 0 amide bonds. The highest BCUT2D eigenvalue weighted by Gasteiger charge is 2.23. The second kappa shape index (κ2) is 12.4. The molecule has 0 radical (unpaired) electrons. The molecular weight excluding hydrogens is 644 g/mol. The van der Waals surface area contributed by atoms with E-state index >= 15 is 0 Å². The number of halogens is 1. The maximum atomic E-state index is 14.3. The Bertz CT molecular complexity index is 2520. The number of hydrogen-bond acceptors (Lipinski definition) is 0. The zero-order chi connectivity index (χ0) is 37.4. The van der Waals surface area contributed by atoms with Crippen molar-refractivity contribution in [3.63, 3.8) is 0 Å². The lowest BCUT2D eigenvalue weighted by atomic mass is 9.80. The van der Waals surface area contributed by atoms with Gasteiger partial charge in [0, 0.05) is 0 Å². The van der Waals surface area contributed by atoms with Gasteiger partial charge in [-0.25, -0.2) is 4.39 Å². The Kier molecular flexibility index (Phi) is 8.15. The van der Waals surface area contributed by atoms with Crippen LogP contribution in [-0.4, -0.2) is 0 Å². The molecule has 0 fully saturated rings. The first-order chi connectivity index (χ1) is 25.1. The molecule has 8 aromatic carbocycles. The van der Waals surface area contributed by atoms with Crippen molar-refractivity contribution in [2.24, 2.45) is 0 Å². The van der Waals surface area contributed by atoms with Gasteiger partial charge in [-0.3, -0.25) is 0 Å². The van der Waals surface area contributed by atoms with Gasteiger partial charge in [-0.05, 0) is 134 Å². The lowest BCUT2D eigenvalue weighted by Crippen LogP contribution is -2.10. The topological polar surface area (TPSA) is 0 Å². The summed E-state index contributed by atoms with van der Waals surface area (Å²) in [5, 5.41) is 7.39. The molecule has 0 aliphatic heterocycles. The van der Waals surface area contributed by atoms with Crippen LogP contribution in [0.5, 0.6) is 0 Å². The molecule has 53 heavy (non-hydrogen) atoms. The highest BCUT2D eigenvalue weighted by atomic mass is 19.1. The van der Waals surface area contributed by atoms with E-state index < -0.39 is 0 Å². The van der Waals surface area contributed by atoms with Crippen LogP contribution >= 0.6 is 0 Å². The molecule has 0 saturated heterocycles. The summed E-state index contributed by atoms with van der Waals surface area (Å²) in [5.74, 6) is -0.228. The van der Waals surface area contributed by atoms with Gasteiger partial charge in [-0.1, -0.05) is 172 Å². The normalized spacial score (nSPS) is 12.7. The molecule has 0 aliphatic carbocycles. The molecule has 8 rings (SSSR count). The van der Waals surface area contributed by atoms with Crippen LogP contribution in [0.2, 0.25) is 0 Å². The van der Waals surface area contributed by atoms with E-state index in [4.69, 9.17) is 0 Å². The third-order valence-electron chi connectivity index (χ3n) is 11.2. The standard InChI is InChI=1S/C52H49F/c1-50(2,3)36-18-10-32(11-19-36)44-30-45(33-12-20-37(21-13-33)51(4,5)6)41-28-29-43-47(35-16-24-39(53)25-17-35)31-46(42-27-26-40(44)48(41)49(42)43)34-14-22-38(23-15-34)52(7,8)9/h10-31H,1-9H3. The summed E-state index contributed by atoms with van der Waals surface area (Å²) in [6, 6.07) is 48.4. The molecule has 8 aromatic rings. The average Bonchev–Trinajstić information content (AvgIpc) is 3.13. The fraction of sp³-hybridized carbons (Fsp3) is 0.231. The summed E-state index contributed by atoms with van der Waals surface area (Å²) in [7, 11) is 0. The maximum Gasteiger partial charge on any atom is 0.123 e. The van der Waals surface area contributed by atoms with E-state index in [2.05, 4.69) is 172 Å². The molecule has 1 heteroatoms. The van der Waals surface area contributed by atoms with Gasteiger partial charge in [-0.15, -0.1) is 0 Å². The van der Waals surface area contributed by atoms with Gasteiger partial charge < -0.3 is 0 Å². The van der Waals surface area contributed by atoms with Crippen LogP contribution in [0.3, 0.4) is 0 Å². The first-order valence-electron chi connectivity index (χ1n) is 19.0. The monoisotopic (exact) mass is 692 g/mol. The van der Waals surface area contributed by atoms with Crippen LogP contribution in [0.15, 0.2) is 133 Å². The Labute approximate surface area is 314 Å². The van der Waals surface area contributed by atoms with E-state index in [1.807, 2.05) is 12.1 Å². The number of rotatable bonds is 4. The van der Waals surface area contributed by atoms with Gasteiger partial charge in [0.15, 0.2) is 0 Å². The van der Waals surface area contributed by atoms with Crippen molar-refractivity contribution in [2.75, 3.05) is 0 Å². The molecule has 0 nitrogen and oxygen atoms in total. The summed E-state index contributed by atoms with van der Waals surface area (Å²) in [6.45, 7) is 20.4. The molecule has 0 aliphatic rings. The molecule has 0 atom stereocenters. The van der Waals surface area contributed by atoms with Crippen LogP contribution in [0.4, 0.5) is 4.39 Å². The Morgan fingerprint density at radius 3 is 0.755 bits per heavy atom. The summed E-state index contributed by atoms with van der Waals surface area (Å²) in [5.41, 5.74) is 13.5. The molecular formula is C52H49F. The van der Waals surface area contributed by atoms with Crippen molar-refractivity contribution in [3.05, 3.63) is 156 Å². The average molecular weight is 693 g/mol. The Balaban J connectivity index is 1.49. The lowest BCUT2D eigenvalue weighted by Gasteiger charge is -2.23. The van der Waals surface area contributed by atoms with Crippen LogP contribution in [0.1, 0.15) is 79.0 Å². The van der Waals surface area contributed by atoms with E-state index in [9.17, 15) is 4.39 Å². The third-order valence-corrected chi connectivity index (χ3v) is 11.2. The van der Waals surface area contributed by atoms with E-state index in [1.54, 1.807) is 12.1 Å². The van der Waals surface area contributed by atoms with E-state index in [0.29, 0.717) is 0 Å². The van der Waals surface area contributed by atoms with Crippen molar-refractivity contribution in [1.29, 1.82) is 0 Å². The second-order valence-corrected chi connectivity index (χ2v) is 18.0. The molecule has 0 saturated carbocycles. The summed E-state index contributed by atoms with van der Waals surface area (Å²) < 4.78 is 14.3. The molecule has 264 valence electrons. The second-order valence-electron chi connectivity index (χ2n) is 18.0. The van der Waals surface area contributed by atoms with Gasteiger partial charge >= 0.3 is 0 Å². The molecule has 0 aromatic heterocycles. The molecule has 0 spiro atoms. The van der Waals surface area contributed by atoms with Gasteiger partial charge in [-0.2, -0.15) is 0 Å². The predicted molar refractivity (Wildman–Crippen MR) is 228 cm³/mol. The lowest BCUT2D eigenvalue weighted by molar-refractivity contribution is 0.590. The fourth-order valence-corrected chi connectivity index (χ4v) is 8.03.